The first-order chi connectivity index (χ1) is 9.06. The lowest BCUT2D eigenvalue weighted by atomic mass is 10.1. The molecule has 1 aromatic carbocycles. The Kier molecular flexibility index (Phi) is 5.02. The third-order valence-electron chi connectivity index (χ3n) is 2.64. The second-order valence-electron chi connectivity index (χ2n) is 4.52. The summed E-state index contributed by atoms with van der Waals surface area (Å²) in [5.74, 6) is 1.24. The Bertz CT molecular complexity index is 555. The van der Waals surface area contributed by atoms with Crippen LogP contribution in [0.15, 0.2) is 18.2 Å². The van der Waals surface area contributed by atoms with E-state index >= 15 is 0 Å². The SMILES string of the molecule is CC(C)c1nsc(NCCc2ccc(Cl)cc2Cl)n1. The van der Waals surface area contributed by atoms with Gasteiger partial charge in [-0.3, -0.25) is 0 Å². The first kappa shape index (κ1) is 14.6. The topological polar surface area (TPSA) is 37.8 Å². The highest BCUT2D eigenvalue weighted by atomic mass is 35.5. The summed E-state index contributed by atoms with van der Waals surface area (Å²) < 4.78 is 4.30. The number of hydrogen-bond donors (Lipinski definition) is 1. The molecule has 0 aliphatic rings. The van der Waals surface area contributed by atoms with E-state index in [1.54, 1.807) is 6.07 Å². The molecule has 1 aromatic heterocycles. The van der Waals surface area contributed by atoms with Crippen molar-refractivity contribution in [3.05, 3.63) is 39.6 Å². The largest absolute Gasteiger partial charge is 0.360 e. The normalized spacial score (nSPS) is 11.0. The Labute approximate surface area is 127 Å². The van der Waals surface area contributed by atoms with Crippen LogP contribution in [0.1, 0.15) is 31.2 Å². The highest BCUT2D eigenvalue weighted by Crippen LogP contribution is 2.22. The van der Waals surface area contributed by atoms with Crippen LogP contribution in [0, 0.1) is 0 Å². The number of anilines is 1. The molecule has 0 amide bonds. The zero-order chi connectivity index (χ0) is 13.8. The standard InChI is InChI=1S/C13H15Cl2N3S/c1-8(2)12-17-13(19-18-12)16-6-5-9-3-4-10(14)7-11(9)15/h3-4,7-8H,5-6H2,1-2H3,(H,16,17,18). The summed E-state index contributed by atoms with van der Waals surface area (Å²) in [7, 11) is 0. The van der Waals surface area contributed by atoms with Crippen LogP contribution < -0.4 is 5.32 Å². The van der Waals surface area contributed by atoms with Crippen molar-refractivity contribution < 1.29 is 0 Å². The molecule has 0 saturated carbocycles. The molecule has 1 N–H and O–H groups in total. The van der Waals surface area contributed by atoms with Gasteiger partial charge in [-0.1, -0.05) is 43.1 Å². The van der Waals surface area contributed by atoms with Crippen molar-refractivity contribution in [1.29, 1.82) is 0 Å². The second kappa shape index (κ2) is 6.55. The molecule has 1 heterocycles. The molecule has 0 unspecified atom stereocenters. The first-order valence-corrected chi connectivity index (χ1v) is 7.60. The fraction of sp³-hybridized carbons (Fsp3) is 0.385. The monoisotopic (exact) mass is 315 g/mol. The molecule has 0 spiro atoms. The Morgan fingerprint density at radius 3 is 2.74 bits per heavy atom. The zero-order valence-electron chi connectivity index (χ0n) is 10.8. The van der Waals surface area contributed by atoms with E-state index in [1.165, 1.54) is 11.5 Å². The van der Waals surface area contributed by atoms with Gasteiger partial charge >= 0.3 is 0 Å². The van der Waals surface area contributed by atoms with Crippen molar-refractivity contribution in [2.45, 2.75) is 26.2 Å². The van der Waals surface area contributed by atoms with E-state index in [0.29, 0.717) is 16.0 Å². The quantitative estimate of drug-likeness (QED) is 0.874. The maximum atomic E-state index is 6.12. The van der Waals surface area contributed by atoms with E-state index in [4.69, 9.17) is 23.2 Å². The van der Waals surface area contributed by atoms with Crippen LogP contribution in [0.25, 0.3) is 0 Å². The summed E-state index contributed by atoms with van der Waals surface area (Å²) in [5.41, 5.74) is 1.08. The number of benzene rings is 1. The number of halogens is 2. The smallest absolute Gasteiger partial charge is 0.202 e. The lowest BCUT2D eigenvalue weighted by molar-refractivity contribution is 0.799. The fourth-order valence-corrected chi connectivity index (χ4v) is 2.81. The van der Waals surface area contributed by atoms with E-state index in [9.17, 15) is 0 Å². The van der Waals surface area contributed by atoms with Crippen LogP contribution in [-0.4, -0.2) is 15.9 Å². The summed E-state index contributed by atoms with van der Waals surface area (Å²) in [4.78, 5) is 4.42. The molecule has 0 saturated heterocycles. The fourth-order valence-electron chi connectivity index (χ4n) is 1.57. The van der Waals surface area contributed by atoms with E-state index < -0.39 is 0 Å². The van der Waals surface area contributed by atoms with Crippen molar-refractivity contribution >= 4 is 39.9 Å². The lowest BCUT2D eigenvalue weighted by Crippen LogP contribution is -2.05. The van der Waals surface area contributed by atoms with E-state index in [0.717, 1.165) is 29.5 Å². The van der Waals surface area contributed by atoms with Gasteiger partial charge in [0.25, 0.3) is 0 Å². The first-order valence-electron chi connectivity index (χ1n) is 6.07. The molecule has 0 bridgehead atoms. The van der Waals surface area contributed by atoms with Crippen molar-refractivity contribution in [2.24, 2.45) is 0 Å². The van der Waals surface area contributed by atoms with Crippen LogP contribution in [0.2, 0.25) is 10.0 Å². The molecule has 19 heavy (non-hydrogen) atoms. The van der Waals surface area contributed by atoms with Crippen LogP contribution in [0.4, 0.5) is 5.13 Å². The number of nitrogens with zero attached hydrogens (tertiary/aromatic N) is 2. The molecule has 6 heteroatoms. The number of hydrogen-bond acceptors (Lipinski definition) is 4. The van der Waals surface area contributed by atoms with Gasteiger partial charge in [0.05, 0.1) is 0 Å². The third-order valence-corrected chi connectivity index (χ3v) is 3.92. The van der Waals surface area contributed by atoms with Gasteiger partial charge in [0, 0.05) is 34.0 Å². The number of rotatable bonds is 5. The Morgan fingerprint density at radius 2 is 2.11 bits per heavy atom. The predicted octanol–water partition coefficient (Wildman–Crippen LogP) is 4.62. The second-order valence-corrected chi connectivity index (χ2v) is 6.12. The Hall–Kier alpha value is -0.840. The molecule has 0 atom stereocenters. The van der Waals surface area contributed by atoms with Crippen molar-refractivity contribution in [2.75, 3.05) is 11.9 Å². The third kappa shape index (κ3) is 4.06. The molecule has 0 aliphatic carbocycles. The minimum Gasteiger partial charge on any atom is -0.360 e. The van der Waals surface area contributed by atoms with Gasteiger partial charge in [0.1, 0.15) is 5.82 Å². The zero-order valence-corrected chi connectivity index (χ0v) is 13.1. The van der Waals surface area contributed by atoms with Crippen molar-refractivity contribution in [3.8, 4) is 0 Å². The van der Waals surface area contributed by atoms with Gasteiger partial charge in [-0.05, 0) is 24.1 Å². The molecular formula is C13H15Cl2N3S. The minimum absolute atomic E-state index is 0.359. The van der Waals surface area contributed by atoms with Crippen LogP contribution in [-0.2, 0) is 6.42 Å². The maximum absolute atomic E-state index is 6.12. The molecule has 0 aliphatic heterocycles. The summed E-state index contributed by atoms with van der Waals surface area (Å²) in [6.07, 6.45) is 0.826. The minimum atomic E-state index is 0.359. The highest BCUT2D eigenvalue weighted by molar-refractivity contribution is 7.09. The highest BCUT2D eigenvalue weighted by Gasteiger charge is 2.07. The van der Waals surface area contributed by atoms with Gasteiger partial charge in [0.15, 0.2) is 0 Å². The molecular weight excluding hydrogens is 301 g/mol. The summed E-state index contributed by atoms with van der Waals surface area (Å²) in [5, 5.41) is 5.48. The van der Waals surface area contributed by atoms with Crippen LogP contribution >= 0.6 is 34.7 Å². The van der Waals surface area contributed by atoms with Crippen LogP contribution in [0.3, 0.4) is 0 Å². The molecule has 2 rings (SSSR count). The van der Waals surface area contributed by atoms with Gasteiger partial charge in [-0.2, -0.15) is 4.37 Å². The average Bonchev–Trinajstić information content (AvgIpc) is 2.81. The summed E-state index contributed by atoms with van der Waals surface area (Å²) in [6, 6.07) is 5.57. The lowest BCUT2D eigenvalue weighted by Gasteiger charge is -2.05. The van der Waals surface area contributed by atoms with E-state index in [-0.39, 0.29) is 0 Å². The predicted molar refractivity (Wildman–Crippen MR) is 82.7 cm³/mol. The van der Waals surface area contributed by atoms with Gasteiger partial charge in [-0.15, -0.1) is 0 Å². The number of nitrogens with one attached hydrogen (secondary N) is 1. The molecule has 2 aromatic rings. The molecule has 102 valence electrons. The van der Waals surface area contributed by atoms with E-state index in [2.05, 4.69) is 28.5 Å². The number of aromatic nitrogens is 2. The van der Waals surface area contributed by atoms with Gasteiger partial charge in [0.2, 0.25) is 5.13 Å². The molecule has 0 radical (unpaired) electrons. The van der Waals surface area contributed by atoms with Crippen molar-refractivity contribution in [3.63, 3.8) is 0 Å². The van der Waals surface area contributed by atoms with Crippen LogP contribution in [0.5, 0.6) is 0 Å². The van der Waals surface area contributed by atoms with E-state index in [1.807, 2.05) is 12.1 Å². The van der Waals surface area contributed by atoms with Crippen molar-refractivity contribution in [1.82, 2.24) is 9.36 Å². The maximum Gasteiger partial charge on any atom is 0.202 e. The average molecular weight is 316 g/mol. The Morgan fingerprint density at radius 1 is 1.32 bits per heavy atom. The Balaban J connectivity index is 1.89. The van der Waals surface area contributed by atoms with Gasteiger partial charge in [-0.25, -0.2) is 4.98 Å². The summed E-state index contributed by atoms with van der Waals surface area (Å²) in [6.45, 7) is 4.94. The van der Waals surface area contributed by atoms with Gasteiger partial charge < -0.3 is 5.32 Å². The molecule has 3 nitrogen and oxygen atoms in total. The molecule has 0 fully saturated rings. The summed E-state index contributed by atoms with van der Waals surface area (Å²) >= 11 is 13.4.